The molecule has 0 unspecified atom stereocenters. The number of morpholine rings is 1. The van der Waals surface area contributed by atoms with E-state index in [1.807, 2.05) is 30.0 Å². The fraction of sp³-hybridized carbons (Fsp3) is 0.556. The molecule has 2 aliphatic rings. The Morgan fingerprint density at radius 3 is 3.00 bits per heavy atom. The van der Waals surface area contributed by atoms with Crippen molar-refractivity contribution >= 4 is 6.03 Å². The van der Waals surface area contributed by atoms with Crippen molar-refractivity contribution < 1.29 is 9.53 Å². The quantitative estimate of drug-likeness (QED) is 0.927. The highest BCUT2D eigenvalue weighted by Gasteiger charge is 2.38. The predicted molar refractivity (Wildman–Crippen MR) is 86.9 cm³/mol. The summed E-state index contributed by atoms with van der Waals surface area (Å²) in [7, 11) is 0. The summed E-state index contributed by atoms with van der Waals surface area (Å²) in [5, 5.41) is 11.9. The number of urea groups is 1. The van der Waals surface area contributed by atoms with E-state index in [2.05, 4.69) is 11.4 Å². The second-order valence-corrected chi connectivity index (χ2v) is 6.52. The van der Waals surface area contributed by atoms with Gasteiger partial charge in [0.15, 0.2) is 0 Å². The van der Waals surface area contributed by atoms with Crippen LogP contribution in [0.25, 0.3) is 0 Å². The Kier molecular flexibility index (Phi) is 4.82. The number of nitrogens with one attached hydrogen (secondary N) is 1. The lowest BCUT2D eigenvalue weighted by molar-refractivity contribution is -0.0730. The van der Waals surface area contributed by atoms with Crippen LogP contribution in [-0.2, 0) is 11.2 Å². The van der Waals surface area contributed by atoms with E-state index in [0.29, 0.717) is 31.1 Å². The molecule has 122 valence electrons. The lowest BCUT2D eigenvalue weighted by atomic mass is 10.1. The van der Waals surface area contributed by atoms with E-state index < -0.39 is 0 Å². The van der Waals surface area contributed by atoms with E-state index in [4.69, 9.17) is 10.00 Å². The average Bonchev–Trinajstić information content (AvgIpc) is 3.39. The highest BCUT2D eigenvalue weighted by atomic mass is 16.5. The monoisotopic (exact) mass is 313 g/mol. The molecule has 0 radical (unpaired) electrons. The fourth-order valence-corrected chi connectivity index (χ4v) is 3.10. The van der Waals surface area contributed by atoms with Gasteiger partial charge in [0.2, 0.25) is 0 Å². The van der Waals surface area contributed by atoms with Crippen LogP contribution in [0, 0.1) is 17.2 Å². The van der Waals surface area contributed by atoms with Crippen LogP contribution in [0.1, 0.15) is 30.9 Å². The van der Waals surface area contributed by atoms with Gasteiger partial charge in [-0.25, -0.2) is 4.79 Å². The average molecular weight is 313 g/mol. The summed E-state index contributed by atoms with van der Waals surface area (Å²) >= 11 is 0. The third kappa shape index (κ3) is 4.23. The molecule has 0 spiro atoms. The first-order valence-electron chi connectivity index (χ1n) is 8.33. The molecule has 0 bridgehead atoms. The predicted octanol–water partition coefficient (Wildman–Crippen LogP) is 2.31. The summed E-state index contributed by atoms with van der Waals surface area (Å²) in [4.78, 5) is 14.2. The van der Waals surface area contributed by atoms with Gasteiger partial charge in [-0.3, -0.25) is 0 Å². The van der Waals surface area contributed by atoms with Gasteiger partial charge in [0, 0.05) is 19.6 Å². The molecule has 2 atom stereocenters. The van der Waals surface area contributed by atoms with Crippen molar-refractivity contribution in [3.63, 3.8) is 0 Å². The third-order valence-corrected chi connectivity index (χ3v) is 4.47. The molecule has 1 aromatic rings. The van der Waals surface area contributed by atoms with Gasteiger partial charge in [0.05, 0.1) is 23.8 Å². The van der Waals surface area contributed by atoms with E-state index in [0.717, 1.165) is 12.0 Å². The van der Waals surface area contributed by atoms with Gasteiger partial charge < -0.3 is 15.0 Å². The van der Waals surface area contributed by atoms with E-state index in [1.54, 1.807) is 6.07 Å². The Balaban J connectivity index is 1.47. The van der Waals surface area contributed by atoms with Gasteiger partial charge in [-0.05, 0) is 49.8 Å². The Hall–Kier alpha value is -2.06. The second kappa shape index (κ2) is 7.01. The van der Waals surface area contributed by atoms with Crippen molar-refractivity contribution in [1.82, 2.24) is 10.2 Å². The Morgan fingerprint density at radius 1 is 1.43 bits per heavy atom. The van der Waals surface area contributed by atoms with Gasteiger partial charge in [-0.2, -0.15) is 5.26 Å². The van der Waals surface area contributed by atoms with Crippen molar-refractivity contribution in [2.45, 2.75) is 38.4 Å². The summed E-state index contributed by atoms with van der Waals surface area (Å²) in [5.41, 5.74) is 1.72. The maximum atomic E-state index is 12.4. The minimum Gasteiger partial charge on any atom is -0.371 e. The van der Waals surface area contributed by atoms with E-state index >= 15 is 0 Å². The number of carbonyl (C=O) groups is 1. The zero-order chi connectivity index (χ0) is 16.2. The molecule has 1 saturated heterocycles. The molecular weight excluding hydrogens is 290 g/mol. The molecule has 1 heterocycles. The lowest BCUT2D eigenvalue weighted by Crippen LogP contribution is -2.53. The summed E-state index contributed by atoms with van der Waals surface area (Å²) < 4.78 is 5.94. The highest BCUT2D eigenvalue weighted by Crippen LogP contribution is 2.36. The SMILES string of the molecule is C[C@H]1CN(C(=O)NCCc2cccc(C#N)c2)C[C@@H](C2CC2)O1. The summed E-state index contributed by atoms with van der Waals surface area (Å²) in [6.07, 6.45) is 3.49. The number of hydrogen-bond acceptors (Lipinski definition) is 3. The van der Waals surface area contributed by atoms with Crippen LogP contribution >= 0.6 is 0 Å². The molecule has 3 rings (SSSR count). The fourth-order valence-electron chi connectivity index (χ4n) is 3.10. The Bertz CT molecular complexity index is 607. The summed E-state index contributed by atoms with van der Waals surface area (Å²) in [5.74, 6) is 0.641. The minimum atomic E-state index is -0.0118. The van der Waals surface area contributed by atoms with Crippen molar-refractivity contribution in [3.8, 4) is 6.07 Å². The normalized spacial score (nSPS) is 24.1. The molecule has 1 aliphatic carbocycles. The van der Waals surface area contributed by atoms with Crippen molar-refractivity contribution in [1.29, 1.82) is 5.26 Å². The molecule has 23 heavy (non-hydrogen) atoms. The first-order chi connectivity index (χ1) is 11.2. The second-order valence-electron chi connectivity index (χ2n) is 6.52. The van der Waals surface area contributed by atoms with Crippen LogP contribution in [-0.4, -0.2) is 42.8 Å². The maximum absolute atomic E-state index is 12.4. The minimum absolute atomic E-state index is 0.0118. The first-order valence-corrected chi connectivity index (χ1v) is 8.33. The van der Waals surface area contributed by atoms with Crippen LogP contribution in [0.2, 0.25) is 0 Å². The Labute approximate surface area is 137 Å². The van der Waals surface area contributed by atoms with Crippen LogP contribution in [0.5, 0.6) is 0 Å². The van der Waals surface area contributed by atoms with Gasteiger partial charge >= 0.3 is 6.03 Å². The molecule has 1 aromatic carbocycles. The summed E-state index contributed by atoms with van der Waals surface area (Å²) in [6.45, 7) is 3.96. The third-order valence-electron chi connectivity index (χ3n) is 4.47. The number of hydrogen-bond donors (Lipinski definition) is 1. The van der Waals surface area contributed by atoms with Crippen LogP contribution in [0.15, 0.2) is 24.3 Å². The zero-order valence-electron chi connectivity index (χ0n) is 13.5. The van der Waals surface area contributed by atoms with Crippen LogP contribution < -0.4 is 5.32 Å². The molecule has 2 fully saturated rings. The zero-order valence-corrected chi connectivity index (χ0v) is 13.5. The first kappa shape index (κ1) is 15.8. The van der Waals surface area contributed by atoms with Gasteiger partial charge in [0.1, 0.15) is 0 Å². The smallest absolute Gasteiger partial charge is 0.317 e. The topological polar surface area (TPSA) is 65.4 Å². The summed E-state index contributed by atoms with van der Waals surface area (Å²) in [6, 6.07) is 9.63. The van der Waals surface area contributed by atoms with Crippen LogP contribution in [0.4, 0.5) is 4.79 Å². The molecular formula is C18H23N3O2. The number of nitrogens with zero attached hydrogens (tertiary/aromatic N) is 2. The number of rotatable bonds is 4. The number of ether oxygens (including phenoxy) is 1. The Morgan fingerprint density at radius 2 is 2.26 bits per heavy atom. The van der Waals surface area contributed by atoms with E-state index in [9.17, 15) is 4.79 Å². The largest absolute Gasteiger partial charge is 0.371 e. The number of nitriles is 1. The molecule has 5 heteroatoms. The molecule has 1 aliphatic heterocycles. The molecule has 2 amide bonds. The van der Waals surface area contributed by atoms with Gasteiger partial charge in [-0.1, -0.05) is 12.1 Å². The van der Waals surface area contributed by atoms with Crippen molar-refractivity contribution in [2.24, 2.45) is 5.92 Å². The number of amides is 2. The van der Waals surface area contributed by atoms with Gasteiger partial charge in [0.25, 0.3) is 0 Å². The number of carbonyl (C=O) groups excluding carboxylic acids is 1. The van der Waals surface area contributed by atoms with E-state index in [1.165, 1.54) is 12.8 Å². The van der Waals surface area contributed by atoms with Crippen LogP contribution in [0.3, 0.4) is 0 Å². The van der Waals surface area contributed by atoms with Crippen molar-refractivity contribution in [2.75, 3.05) is 19.6 Å². The molecule has 0 aromatic heterocycles. The maximum Gasteiger partial charge on any atom is 0.317 e. The molecule has 1 N–H and O–H groups in total. The number of benzene rings is 1. The van der Waals surface area contributed by atoms with Gasteiger partial charge in [-0.15, -0.1) is 0 Å². The van der Waals surface area contributed by atoms with Crippen molar-refractivity contribution in [3.05, 3.63) is 35.4 Å². The highest BCUT2D eigenvalue weighted by molar-refractivity contribution is 5.74. The van der Waals surface area contributed by atoms with E-state index in [-0.39, 0.29) is 18.2 Å². The molecule has 5 nitrogen and oxygen atoms in total. The molecule has 1 saturated carbocycles. The lowest BCUT2D eigenvalue weighted by Gasteiger charge is -2.37. The standard InChI is InChI=1S/C18H23N3O2/c1-13-11-21(12-17(23-13)16-5-6-16)18(22)20-8-7-14-3-2-4-15(9-14)10-19/h2-4,9,13,16-17H,5-8,11-12H2,1H3,(H,20,22)/t13-,17-/m0/s1.